The lowest BCUT2D eigenvalue weighted by Crippen LogP contribution is -2.43. The lowest BCUT2D eigenvalue weighted by molar-refractivity contribution is -0.119. The summed E-state index contributed by atoms with van der Waals surface area (Å²) >= 11 is 0. The second-order valence-corrected chi connectivity index (χ2v) is 5.82. The minimum absolute atomic E-state index is 0.120. The smallest absolute Gasteiger partial charge is 0.373 e. The van der Waals surface area contributed by atoms with Crippen LogP contribution in [0.25, 0.3) is 11.0 Å². The van der Waals surface area contributed by atoms with Gasteiger partial charge in [-0.15, -0.1) is 0 Å². The van der Waals surface area contributed by atoms with E-state index in [2.05, 4.69) is 10.1 Å². The van der Waals surface area contributed by atoms with Gasteiger partial charge in [0, 0.05) is 24.3 Å². The predicted molar refractivity (Wildman–Crippen MR) is 87.7 cm³/mol. The monoisotopic (exact) mass is 332 g/mol. The van der Waals surface area contributed by atoms with E-state index >= 15 is 0 Å². The standard InChI is InChI=1S/C17H20N2O5/c1-22-17(21)14-9-11-8-12(2-3-13(11)24-14)19-16(20)15(18)10-4-6-23-7-5-10/h2-3,8-10,15H,4-7,18H2,1H3,(H,19,20). The second-order valence-electron chi connectivity index (χ2n) is 5.82. The Balaban J connectivity index is 1.72. The normalized spacial score (nSPS) is 16.8. The molecule has 1 aromatic heterocycles. The summed E-state index contributed by atoms with van der Waals surface area (Å²) in [6, 6.07) is 6.15. The third-order valence-corrected chi connectivity index (χ3v) is 4.25. The molecule has 3 N–H and O–H groups in total. The Labute approximate surface area is 139 Å². The molecule has 1 atom stereocenters. The molecule has 0 radical (unpaired) electrons. The maximum absolute atomic E-state index is 12.3. The van der Waals surface area contributed by atoms with Gasteiger partial charge in [0.1, 0.15) is 5.58 Å². The van der Waals surface area contributed by atoms with Crippen LogP contribution in [0.4, 0.5) is 5.69 Å². The number of rotatable bonds is 4. The Morgan fingerprint density at radius 1 is 1.29 bits per heavy atom. The molecule has 1 unspecified atom stereocenters. The van der Waals surface area contributed by atoms with E-state index in [0.717, 1.165) is 12.8 Å². The summed E-state index contributed by atoms with van der Waals surface area (Å²) in [5.41, 5.74) is 7.21. The number of methoxy groups -OCH3 is 1. The highest BCUT2D eigenvalue weighted by molar-refractivity contribution is 5.98. The third-order valence-electron chi connectivity index (χ3n) is 4.25. The van der Waals surface area contributed by atoms with Crippen molar-refractivity contribution in [2.45, 2.75) is 18.9 Å². The average Bonchev–Trinajstić information content (AvgIpc) is 3.04. The van der Waals surface area contributed by atoms with Gasteiger partial charge in [0.25, 0.3) is 0 Å². The Morgan fingerprint density at radius 2 is 2.04 bits per heavy atom. The number of amides is 1. The van der Waals surface area contributed by atoms with Crippen LogP contribution in [0.5, 0.6) is 0 Å². The number of hydrogen-bond acceptors (Lipinski definition) is 6. The van der Waals surface area contributed by atoms with Crippen molar-refractivity contribution in [2.24, 2.45) is 11.7 Å². The largest absolute Gasteiger partial charge is 0.463 e. The zero-order valence-corrected chi connectivity index (χ0v) is 13.4. The van der Waals surface area contributed by atoms with E-state index in [1.807, 2.05) is 0 Å². The van der Waals surface area contributed by atoms with Crippen LogP contribution < -0.4 is 11.1 Å². The highest BCUT2D eigenvalue weighted by atomic mass is 16.5. The molecule has 1 saturated heterocycles. The average molecular weight is 332 g/mol. The fourth-order valence-electron chi connectivity index (χ4n) is 2.84. The van der Waals surface area contributed by atoms with Crippen LogP contribution in [0.2, 0.25) is 0 Å². The molecule has 0 spiro atoms. The number of nitrogens with one attached hydrogen (secondary N) is 1. The van der Waals surface area contributed by atoms with Crippen molar-refractivity contribution in [1.82, 2.24) is 0 Å². The number of carbonyl (C=O) groups excluding carboxylic acids is 2. The Kier molecular flexibility index (Phi) is 4.82. The summed E-state index contributed by atoms with van der Waals surface area (Å²) < 4.78 is 15.3. The zero-order chi connectivity index (χ0) is 17.1. The third kappa shape index (κ3) is 3.42. The summed E-state index contributed by atoms with van der Waals surface area (Å²) in [6.07, 6.45) is 1.58. The van der Waals surface area contributed by atoms with Gasteiger partial charge in [-0.2, -0.15) is 0 Å². The molecule has 1 aliphatic rings. The molecule has 1 fully saturated rings. The topological polar surface area (TPSA) is 104 Å². The SMILES string of the molecule is COC(=O)c1cc2cc(NC(=O)C(N)C3CCOCC3)ccc2o1. The number of hydrogen-bond donors (Lipinski definition) is 2. The number of furan rings is 1. The van der Waals surface area contributed by atoms with Crippen molar-refractivity contribution in [2.75, 3.05) is 25.6 Å². The number of anilines is 1. The van der Waals surface area contributed by atoms with Gasteiger partial charge in [-0.05, 0) is 43.0 Å². The molecule has 0 saturated carbocycles. The minimum Gasteiger partial charge on any atom is -0.463 e. The van der Waals surface area contributed by atoms with Gasteiger partial charge in [-0.3, -0.25) is 4.79 Å². The molecule has 0 aliphatic carbocycles. The molecule has 0 bridgehead atoms. The molecular formula is C17H20N2O5. The number of ether oxygens (including phenoxy) is 2. The van der Waals surface area contributed by atoms with Crippen LogP contribution in [0.1, 0.15) is 23.4 Å². The van der Waals surface area contributed by atoms with E-state index in [-0.39, 0.29) is 17.6 Å². The number of benzene rings is 1. The molecule has 128 valence electrons. The number of fused-ring (bicyclic) bond motifs is 1. The van der Waals surface area contributed by atoms with Gasteiger partial charge in [-0.25, -0.2) is 4.79 Å². The quantitative estimate of drug-likeness (QED) is 0.829. The van der Waals surface area contributed by atoms with E-state index in [1.165, 1.54) is 7.11 Å². The van der Waals surface area contributed by atoms with Gasteiger partial charge in [-0.1, -0.05) is 0 Å². The zero-order valence-electron chi connectivity index (χ0n) is 13.4. The Morgan fingerprint density at radius 3 is 2.75 bits per heavy atom. The van der Waals surface area contributed by atoms with Gasteiger partial charge in [0.05, 0.1) is 13.2 Å². The van der Waals surface area contributed by atoms with E-state index in [1.54, 1.807) is 24.3 Å². The first-order valence-corrected chi connectivity index (χ1v) is 7.84. The van der Waals surface area contributed by atoms with Crippen LogP contribution in [-0.4, -0.2) is 38.2 Å². The summed E-state index contributed by atoms with van der Waals surface area (Å²) in [7, 11) is 1.29. The van der Waals surface area contributed by atoms with E-state index in [4.69, 9.17) is 14.9 Å². The van der Waals surface area contributed by atoms with Gasteiger partial charge < -0.3 is 24.9 Å². The molecule has 1 aliphatic heterocycles. The van der Waals surface area contributed by atoms with Crippen LogP contribution in [0.15, 0.2) is 28.7 Å². The molecule has 7 heteroatoms. The van der Waals surface area contributed by atoms with Crippen LogP contribution in [0, 0.1) is 5.92 Å². The van der Waals surface area contributed by atoms with Crippen molar-refractivity contribution >= 4 is 28.5 Å². The molecule has 2 heterocycles. The van der Waals surface area contributed by atoms with E-state index in [9.17, 15) is 9.59 Å². The lowest BCUT2D eigenvalue weighted by Gasteiger charge is -2.26. The van der Waals surface area contributed by atoms with Crippen molar-refractivity contribution < 1.29 is 23.5 Å². The molecule has 1 amide bonds. The summed E-state index contributed by atoms with van der Waals surface area (Å²) in [5, 5.41) is 3.52. The maximum atomic E-state index is 12.3. The van der Waals surface area contributed by atoms with E-state index < -0.39 is 12.0 Å². The lowest BCUT2D eigenvalue weighted by atomic mass is 9.92. The number of nitrogens with two attached hydrogens (primary N) is 1. The molecule has 2 aromatic rings. The van der Waals surface area contributed by atoms with Crippen molar-refractivity contribution in [3.05, 3.63) is 30.0 Å². The number of carbonyl (C=O) groups is 2. The summed E-state index contributed by atoms with van der Waals surface area (Å²) in [4.78, 5) is 23.8. The Bertz CT molecular complexity index is 749. The maximum Gasteiger partial charge on any atom is 0.373 e. The Hall–Kier alpha value is -2.38. The van der Waals surface area contributed by atoms with Gasteiger partial charge in [0.2, 0.25) is 11.7 Å². The van der Waals surface area contributed by atoms with Crippen LogP contribution in [0.3, 0.4) is 0 Å². The fraction of sp³-hybridized carbons (Fsp3) is 0.412. The van der Waals surface area contributed by atoms with Gasteiger partial charge in [0.15, 0.2) is 0 Å². The highest BCUT2D eigenvalue weighted by Crippen LogP contribution is 2.24. The molecule has 1 aromatic carbocycles. The van der Waals surface area contributed by atoms with E-state index in [0.29, 0.717) is 29.9 Å². The molecule has 24 heavy (non-hydrogen) atoms. The van der Waals surface area contributed by atoms with Crippen LogP contribution >= 0.6 is 0 Å². The van der Waals surface area contributed by atoms with Crippen molar-refractivity contribution in [3.63, 3.8) is 0 Å². The van der Waals surface area contributed by atoms with Gasteiger partial charge >= 0.3 is 5.97 Å². The predicted octanol–water partition coefficient (Wildman–Crippen LogP) is 1.91. The molecule has 7 nitrogen and oxygen atoms in total. The summed E-state index contributed by atoms with van der Waals surface area (Å²) in [5.74, 6) is -0.520. The minimum atomic E-state index is -0.570. The van der Waals surface area contributed by atoms with Crippen LogP contribution in [-0.2, 0) is 14.3 Å². The molecular weight excluding hydrogens is 312 g/mol. The first-order valence-electron chi connectivity index (χ1n) is 7.84. The molecule has 3 rings (SSSR count). The summed E-state index contributed by atoms with van der Waals surface area (Å²) in [6.45, 7) is 1.28. The number of esters is 1. The highest BCUT2D eigenvalue weighted by Gasteiger charge is 2.26. The second kappa shape index (κ2) is 7.02. The van der Waals surface area contributed by atoms with Crippen molar-refractivity contribution in [3.8, 4) is 0 Å². The fourth-order valence-corrected chi connectivity index (χ4v) is 2.84. The van der Waals surface area contributed by atoms with Crippen molar-refractivity contribution in [1.29, 1.82) is 0 Å². The first-order chi connectivity index (χ1) is 11.6. The first kappa shape index (κ1) is 16.5.